The largest absolute Gasteiger partial charge is 0.368 e. The van der Waals surface area contributed by atoms with Crippen molar-refractivity contribution in [3.8, 4) is 5.95 Å². The first-order valence-corrected chi connectivity index (χ1v) is 6.55. The highest BCUT2D eigenvalue weighted by molar-refractivity contribution is 5.34. The van der Waals surface area contributed by atoms with Crippen molar-refractivity contribution in [2.75, 3.05) is 17.6 Å². The van der Waals surface area contributed by atoms with E-state index in [0.717, 1.165) is 13.0 Å². The van der Waals surface area contributed by atoms with E-state index in [-0.39, 0.29) is 5.95 Å². The highest BCUT2D eigenvalue weighted by atomic mass is 15.4. The zero-order valence-corrected chi connectivity index (χ0v) is 11.1. The monoisotopic (exact) mass is 261 g/mol. The van der Waals surface area contributed by atoms with Gasteiger partial charge in [0.05, 0.1) is 0 Å². The fourth-order valence-corrected chi connectivity index (χ4v) is 1.70. The van der Waals surface area contributed by atoms with Gasteiger partial charge in [-0.25, -0.2) is 4.68 Å². The number of aromatic nitrogens is 5. The zero-order chi connectivity index (χ0) is 13.5. The molecule has 0 radical (unpaired) electrons. The third-order valence-electron chi connectivity index (χ3n) is 2.66. The number of hydrogen-bond donors (Lipinski definition) is 2. The predicted octanol–water partition coefficient (Wildman–Crippen LogP) is 1.63. The molecule has 7 nitrogen and oxygen atoms in total. The topological polar surface area (TPSA) is 94.5 Å². The van der Waals surface area contributed by atoms with Crippen molar-refractivity contribution in [3.63, 3.8) is 0 Å². The van der Waals surface area contributed by atoms with E-state index in [0.29, 0.717) is 11.9 Å². The van der Waals surface area contributed by atoms with Gasteiger partial charge in [-0.05, 0) is 12.5 Å². The molecule has 0 saturated carbocycles. The minimum Gasteiger partial charge on any atom is -0.368 e. The van der Waals surface area contributed by atoms with Crippen LogP contribution in [0.15, 0.2) is 18.5 Å². The van der Waals surface area contributed by atoms with E-state index >= 15 is 0 Å². The molecule has 0 bridgehead atoms. The molecule has 2 heterocycles. The molecule has 3 N–H and O–H groups in total. The number of rotatable bonds is 7. The Balaban J connectivity index is 1.97. The van der Waals surface area contributed by atoms with E-state index in [4.69, 9.17) is 5.73 Å². The Morgan fingerprint density at radius 1 is 1.21 bits per heavy atom. The van der Waals surface area contributed by atoms with Crippen molar-refractivity contribution in [1.82, 2.24) is 24.7 Å². The Kier molecular flexibility index (Phi) is 4.66. The van der Waals surface area contributed by atoms with Crippen LogP contribution < -0.4 is 11.1 Å². The van der Waals surface area contributed by atoms with Gasteiger partial charge in [-0.15, -0.1) is 0 Å². The van der Waals surface area contributed by atoms with Crippen LogP contribution in [0, 0.1) is 0 Å². The molecule has 19 heavy (non-hydrogen) atoms. The molecule has 0 amide bonds. The van der Waals surface area contributed by atoms with E-state index in [1.807, 2.05) is 0 Å². The third kappa shape index (κ3) is 3.90. The molecule has 0 aliphatic heterocycles. The van der Waals surface area contributed by atoms with E-state index in [1.54, 1.807) is 23.1 Å². The summed E-state index contributed by atoms with van der Waals surface area (Å²) in [6, 6.07) is 1.80. The maximum absolute atomic E-state index is 5.67. The van der Waals surface area contributed by atoms with Gasteiger partial charge in [0, 0.05) is 18.9 Å². The molecule has 0 atom stereocenters. The standard InChI is InChI=1S/C12H19N7/c1-2-3-4-5-7-14-11-16-10(13)17-12(18-11)19-9-6-8-15-19/h6,8-9H,2-5,7H2,1H3,(H3,13,14,16,17,18). The number of anilines is 2. The summed E-state index contributed by atoms with van der Waals surface area (Å²) in [6.07, 6.45) is 8.20. The molecular formula is C12H19N7. The maximum Gasteiger partial charge on any atom is 0.257 e. The van der Waals surface area contributed by atoms with Crippen molar-refractivity contribution in [2.45, 2.75) is 32.6 Å². The van der Waals surface area contributed by atoms with Gasteiger partial charge in [-0.3, -0.25) is 0 Å². The van der Waals surface area contributed by atoms with Crippen LogP contribution in [0.4, 0.5) is 11.9 Å². The summed E-state index contributed by atoms with van der Waals surface area (Å²) in [5, 5.41) is 7.23. The second kappa shape index (κ2) is 6.67. The highest BCUT2D eigenvalue weighted by Gasteiger charge is 2.05. The molecule has 102 valence electrons. The summed E-state index contributed by atoms with van der Waals surface area (Å²) < 4.78 is 1.56. The zero-order valence-electron chi connectivity index (χ0n) is 11.1. The molecule has 2 aromatic rings. The lowest BCUT2D eigenvalue weighted by atomic mass is 10.2. The SMILES string of the molecule is CCCCCCNc1nc(N)nc(-n2cccn2)n1. The van der Waals surface area contributed by atoms with Gasteiger partial charge in [0.25, 0.3) is 5.95 Å². The molecule has 0 aliphatic carbocycles. The minimum absolute atomic E-state index is 0.191. The van der Waals surface area contributed by atoms with Crippen LogP contribution >= 0.6 is 0 Å². The fraction of sp³-hybridized carbons (Fsp3) is 0.500. The predicted molar refractivity (Wildman–Crippen MR) is 74.0 cm³/mol. The van der Waals surface area contributed by atoms with Crippen LogP contribution in [0.2, 0.25) is 0 Å². The van der Waals surface area contributed by atoms with Crippen LogP contribution in [0.25, 0.3) is 5.95 Å². The van der Waals surface area contributed by atoms with Crippen molar-refractivity contribution < 1.29 is 0 Å². The number of nitrogens with two attached hydrogens (primary N) is 1. The van der Waals surface area contributed by atoms with E-state index in [2.05, 4.69) is 32.3 Å². The Morgan fingerprint density at radius 3 is 2.84 bits per heavy atom. The Hall–Kier alpha value is -2.18. The van der Waals surface area contributed by atoms with Crippen LogP contribution in [-0.4, -0.2) is 31.3 Å². The summed E-state index contributed by atoms with van der Waals surface area (Å²) in [4.78, 5) is 12.4. The van der Waals surface area contributed by atoms with Gasteiger partial charge in [-0.2, -0.15) is 20.1 Å². The normalized spacial score (nSPS) is 10.6. The Bertz CT molecular complexity index is 495. The minimum atomic E-state index is 0.191. The summed E-state index contributed by atoms with van der Waals surface area (Å²) in [6.45, 7) is 3.03. The molecule has 2 rings (SSSR count). The van der Waals surface area contributed by atoms with Crippen LogP contribution in [-0.2, 0) is 0 Å². The molecule has 2 aromatic heterocycles. The van der Waals surface area contributed by atoms with Gasteiger partial charge in [0.2, 0.25) is 11.9 Å². The molecule has 0 aromatic carbocycles. The molecule has 0 aliphatic rings. The quantitative estimate of drug-likeness (QED) is 0.736. The Morgan fingerprint density at radius 2 is 2.11 bits per heavy atom. The average molecular weight is 261 g/mol. The van der Waals surface area contributed by atoms with Crippen LogP contribution in [0.5, 0.6) is 0 Å². The summed E-state index contributed by atoms with van der Waals surface area (Å²) >= 11 is 0. The second-order valence-electron chi connectivity index (χ2n) is 4.26. The highest BCUT2D eigenvalue weighted by Crippen LogP contribution is 2.07. The van der Waals surface area contributed by atoms with Crippen molar-refractivity contribution in [1.29, 1.82) is 0 Å². The maximum atomic E-state index is 5.67. The first-order valence-electron chi connectivity index (χ1n) is 6.55. The first kappa shape index (κ1) is 13.3. The molecular weight excluding hydrogens is 242 g/mol. The lowest BCUT2D eigenvalue weighted by Gasteiger charge is -2.06. The number of nitrogen functional groups attached to an aromatic ring is 1. The summed E-state index contributed by atoms with van der Waals surface area (Å²) in [5.41, 5.74) is 5.67. The molecule has 0 saturated heterocycles. The number of nitrogens with zero attached hydrogens (tertiary/aromatic N) is 5. The van der Waals surface area contributed by atoms with E-state index in [9.17, 15) is 0 Å². The molecule has 0 fully saturated rings. The smallest absolute Gasteiger partial charge is 0.257 e. The fourth-order valence-electron chi connectivity index (χ4n) is 1.70. The molecule has 0 spiro atoms. The van der Waals surface area contributed by atoms with Crippen molar-refractivity contribution in [2.24, 2.45) is 0 Å². The first-order chi connectivity index (χ1) is 9.29. The summed E-state index contributed by atoms with van der Waals surface area (Å²) in [7, 11) is 0. The van der Waals surface area contributed by atoms with E-state index < -0.39 is 0 Å². The van der Waals surface area contributed by atoms with E-state index in [1.165, 1.54) is 19.3 Å². The third-order valence-corrected chi connectivity index (χ3v) is 2.66. The summed E-state index contributed by atoms with van der Waals surface area (Å²) in [5.74, 6) is 1.11. The number of nitrogens with one attached hydrogen (secondary N) is 1. The average Bonchev–Trinajstić information content (AvgIpc) is 2.92. The second-order valence-corrected chi connectivity index (χ2v) is 4.26. The number of unbranched alkanes of at least 4 members (excludes halogenated alkanes) is 3. The lowest BCUT2D eigenvalue weighted by Crippen LogP contribution is -2.12. The van der Waals surface area contributed by atoms with Gasteiger partial charge < -0.3 is 11.1 Å². The van der Waals surface area contributed by atoms with Gasteiger partial charge >= 0.3 is 0 Å². The van der Waals surface area contributed by atoms with Crippen LogP contribution in [0.1, 0.15) is 32.6 Å². The van der Waals surface area contributed by atoms with Gasteiger partial charge in [0.1, 0.15) is 0 Å². The lowest BCUT2D eigenvalue weighted by molar-refractivity contribution is 0.682. The molecule has 0 unspecified atom stereocenters. The van der Waals surface area contributed by atoms with Crippen molar-refractivity contribution >= 4 is 11.9 Å². The van der Waals surface area contributed by atoms with Crippen LogP contribution in [0.3, 0.4) is 0 Å². The van der Waals surface area contributed by atoms with Crippen molar-refractivity contribution in [3.05, 3.63) is 18.5 Å². The van der Waals surface area contributed by atoms with Gasteiger partial charge in [0.15, 0.2) is 0 Å². The molecule has 7 heteroatoms. The van der Waals surface area contributed by atoms with Gasteiger partial charge in [-0.1, -0.05) is 26.2 Å². The Labute approximate surface area is 112 Å². The number of hydrogen-bond acceptors (Lipinski definition) is 6.